The first kappa shape index (κ1) is 9.99. The summed E-state index contributed by atoms with van der Waals surface area (Å²) in [5.74, 6) is 0.860. The van der Waals surface area contributed by atoms with Crippen molar-refractivity contribution < 1.29 is 9.84 Å². The van der Waals surface area contributed by atoms with E-state index in [9.17, 15) is 0 Å². The van der Waals surface area contributed by atoms with Crippen LogP contribution in [0.25, 0.3) is 0 Å². The van der Waals surface area contributed by atoms with Crippen LogP contribution in [0, 0.1) is 5.41 Å². The maximum Gasteiger partial charge on any atom is 0.120 e. The Bertz CT molecular complexity index is 321. The number of benzene rings is 1. The quantitative estimate of drug-likeness (QED) is 0.898. The van der Waals surface area contributed by atoms with Crippen LogP contribution in [0.3, 0.4) is 0 Å². The number of aliphatic hydroxyl groups excluding tert-OH is 1. The topological polar surface area (TPSA) is 29.5 Å². The summed E-state index contributed by atoms with van der Waals surface area (Å²) in [6.45, 7) is 0.862. The molecule has 3 heteroatoms. The first-order valence-corrected chi connectivity index (χ1v) is 5.53. The largest absolute Gasteiger partial charge is 0.493 e. The average Bonchev–Trinajstić information content (AvgIpc) is 2.96. The normalized spacial score (nSPS) is 17.9. The van der Waals surface area contributed by atoms with Crippen LogP contribution in [0.5, 0.6) is 5.75 Å². The Kier molecular flexibility index (Phi) is 2.79. The van der Waals surface area contributed by atoms with E-state index in [0.717, 1.165) is 23.1 Å². The summed E-state index contributed by atoms with van der Waals surface area (Å²) < 4.78 is 6.63. The lowest BCUT2D eigenvalue weighted by Gasteiger charge is -2.13. The smallest absolute Gasteiger partial charge is 0.120 e. The number of hydrogen-bond donors (Lipinski definition) is 1. The molecule has 76 valence electrons. The molecule has 0 aromatic heterocycles. The molecule has 0 saturated heterocycles. The molecule has 0 unspecified atom stereocenters. The molecular formula is C11H13BrO2. The fraction of sp³-hybridized carbons (Fsp3) is 0.455. The van der Waals surface area contributed by atoms with Crippen LogP contribution in [-0.2, 0) is 0 Å². The Morgan fingerprint density at radius 3 is 2.79 bits per heavy atom. The van der Waals surface area contributed by atoms with Gasteiger partial charge in [0.15, 0.2) is 0 Å². The maximum absolute atomic E-state index is 9.10. The first-order valence-electron chi connectivity index (χ1n) is 4.73. The number of ether oxygens (including phenoxy) is 1. The fourth-order valence-corrected chi connectivity index (χ4v) is 1.70. The first-order chi connectivity index (χ1) is 6.74. The Morgan fingerprint density at radius 2 is 2.21 bits per heavy atom. The molecule has 0 radical (unpaired) electrons. The predicted octanol–water partition coefficient (Wildman–Crippen LogP) is 2.60. The van der Waals surface area contributed by atoms with Crippen LogP contribution in [0.2, 0.25) is 0 Å². The van der Waals surface area contributed by atoms with Gasteiger partial charge in [-0.1, -0.05) is 22.0 Å². The molecule has 1 fully saturated rings. The van der Waals surface area contributed by atoms with Gasteiger partial charge in [-0.05, 0) is 31.0 Å². The molecule has 1 saturated carbocycles. The van der Waals surface area contributed by atoms with Crippen molar-refractivity contribution in [2.75, 3.05) is 13.2 Å². The molecule has 0 heterocycles. The number of rotatable bonds is 4. The minimum atomic E-state index is 0.0579. The van der Waals surface area contributed by atoms with Crippen LogP contribution in [0.1, 0.15) is 12.8 Å². The van der Waals surface area contributed by atoms with Crippen molar-refractivity contribution in [1.29, 1.82) is 0 Å². The Hall–Kier alpha value is -0.540. The molecule has 1 aromatic rings. The Balaban J connectivity index is 1.92. The lowest BCUT2D eigenvalue weighted by atomic mass is 10.1. The van der Waals surface area contributed by atoms with E-state index < -0.39 is 0 Å². The van der Waals surface area contributed by atoms with E-state index in [2.05, 4.69) is 15.9 Å². The van der Waals surface area contributed by atoms with E-state index in [4.69, 9.17) is 9.84 Å². The van der Waals surface area contributed by atoms with Gasteiger partial charge in [0.2, 0.25) is 0 Å². The summed E-state index contributed by atoms with van der Waals surface area (Å²) in [6, 6.07) is 7.77. The molecule has 1 N–H and O–H groups in total. The molecule has 1 aliphatic rings. The van der Waals surface area contributed by atoms with E-state index in [1.54, 1.807) is 0 Å². The zero-order valence-corrected chi connectivity index (χ0v) is 9.46. The van der Waals surface area contributed by atoms with Crippen molar-refractivity contribution in [3.8, 4) is 5.75 Å². The van der Waals surface area contributed by atoms with Gasteiger partial charge >= 0.3 is 0 Å². The summed E-state index contributed by atoms with van der Waals surface area (Å²) in [4.78, 5) is 0. The van der Waals surface area contributed by atoms with Crippen molar-refractivity contribution in [1.82, 2.24) is 0 Å². The molecule has 1 aliphatic carbocycles. The second-order valence-electron chi connectivity index (χ2n) is 3.90. The highest BCUT2D eigenvalue weighted by Crippen LogP contribution is 2.45. The molecule has 2 rings (SSSR count). The van der Waals surface area contributed by atoms with Gasteiger partial charge in [-0.25, -0.2) is 0 Å². The van der Waals surface area contributed by atoms with Gasteiger partial charge in [0.25, 0.3) is 0 Å². The standard InChI is InChI=1S/C11H13BrO2/c12-9-2-1-3-10(6-9)14-8-11(7-13)4-5-11/h1-3,6,13H,4-5,7-8H2. The minimum Gasteiger partial charge on any atom is -0.493 e. The molecule has 0 aliphatic heterocycles. The monoisotopic (exact) mass is 256 g/mol. The van der Waals surface area contributed by atoms with Gasteiger partial charge in [0, 0.05) is 9.89 Å². The third-order valence-corrected chi connectivity index (χ3v) is 3.13. The van der Waals surface area contributed by atoms with Crippen LogP contribution in [0.4, 0.5) is 0 Å². The number of aliphatic hydroxyl groups is 1. The fourth-order valence-electron chi connectivity index (χ4n) is 1.32. The SMILES string of the molecule is OCC1(COc2cccc(Br)c2)CC1. The third-order valence-electron chi connectivity index (χ3n) is 2.63. The number of halogens is 1. The highest BCUT2D eigenvalue weighted by Gasteiger charge is 2.42. The van der Waals surface area contributed by atoms with Crippen LogP contribution in [0.15, 0.2) is 28.7 Å². The lowest BCUT2D eigenvalue weighted by molar-refractivity contribution is 0.146. The average molecular weight is 257 g/mol. The third kappa shape index (κ3) is 2.28. The predicted molar refractivity (Wildman–Crippen MR) is 58.4 cm³/mol. The Labute approximate surface area is 92.0 Å². The maximum atomic E-state index is 9.10. The molecule has 0 bridgehead atoms. The minimum absolute atomic E-state index is 0.0579. The van der Waals surface area contributed by atoms with Crippen molar-refractivity contribution in [2.45, 2.75) is 12.8 Å². The van der Waals surface area contributed by atoms with Gasteiger partial charge < -0.3 is 9.84 Å². The van der Waals surface area contributed by atoms with Crippen LogP contribution < -0.4 is 4.74 Å². The summed E-state index contributed by atoms with van der Waals surface area (Å²) in [6.07, 6.45) is 2.16. The van der Waals surface area contributed by atoms with E-state index in [1.807, 2.05) is 24.3 Å². The summed E-state index contributed by atoms with van der Waals surface area (Å²) in [7, 11) is 0. The van der Waals surface area contributed by atoms with Crippen LogP contribution in [-0.4, -0.2) is 18.3 Å². The van der Waals surface area contributed by atoms with Gasteiger partial charge in [0.05, 0.1) is 13.2 Å². The summed E-state index contributed by atoms with van der Waals surface area (Å²) in [5.41, 5.74) is 0.0579. The number of hydrogen-bond acceptors (Lipinski definition) is 2. The van der Waals surface area contributed by atoms with E-state index in [0.29, 0.717) is 6.61 Å². The molecule has 2 nitrogen and oxygen atoms in total. The summed E-state index contributed by atoms with van der Waals surface area (Å²) >= 11 is 3.39. The van der Waals surface area contributed by atoms with Crippen molar-refractivity contribution in [2.24, 2.45) is 5.41 Å². The Morgan fingerprint density at radius 1 is 1.43 bits per heavy atom. The highest BCUT2D eigenvalue weighted by atomic mass is 79.9. The summed E-state index contributed by atoms with van der Waals surface area (Å²) in [5, 5.41) is 9.10. The van der Waals surface area contributed by atoms with E-state index >= 15 is 0 Å². The van der Waals surface area contributed by atoms with Crippen molar-refractivity contribution in [3.05, 3.63) is 28.7 Å². The van der Waals surface area contributed by atoms with Crippen LogP contribution >= 0.6 is 15.9 Å². The molecule has 0 atom stereocenters. The van der Waals surface area contributed by atoms with Crippen molar-refractivity contribution in [3.63, 3.8) is 0 Å². The van der Waals surface area contributed by atoms with Gasteiger partial charge in [-0.2, -0.15) is 0 Å². The lowest BCUT2D eigenvalue weighted by Crippen LogP contribution is -2.16. The molecule has 0 amide bonds. The zero-order valence-electron chi connectivity index (χ0n) is 7.87. The highest BCUT2D eigenvalue weighted by molar-refractivity contribution is 9.10. The van der Waals surface area contributed by atoms with Gasteiger partial charge in [-0.15, -0.1) is 0 Å². The van der Waals surface area contributed by atoms with Gasteiger partial charge in [-0.3, -0.25) is 0 Å². The molecular weight excluding hydrogens is 244 g/mol. The molecule has 14 heavy (non-hydrogen) atoms. The van der Waals surface area contributed by atoms with Gasteiger partial charge in [0.1, 0.15) is 5.75 Å². The van der Waals surface area contributed by atoms with Crippen molar-refractivity contribution >= 4 is 15.9 Å². The molecule has 0 spiro atoms. The molecule has 1 aromatic carbocycles. The second-order valence-corrected chi connectivity index (χ2v) is 4.82. The van der Waals surface area contributed by atoms with E-state index in [1.165, 1.54) is 0 Å². The second kappa shape index (κ2) is 3.91. The zero-order chi connectivity index (χ0) is 10.0. The van der Waals surface area contributed by atoms with E-state index in [-0.39, 0.29) is 12.0 Å².